The van der Waals surface area contributed by atoms with Crippen molar-refractivity contribution in [3.63, 3.8) is 0 Å². The Morgan fingerprint density at radius 3 is 2.38 bits per heavy atom. The van der Waals surface area contributed by atoms with E-state index in [1.165, 1.54) is 11.8 Å². The maximum Gasteiger partial charge on any atom is 0.246 e. The Morgan fingerprint density at radius 1 is 1.16 bits per heavy atom. The normalized spacial score (nSPS) is 19.9. The summed E-state index contributed by atoms with van der Waals surface area (Å²) in [6.45, 7) is 1.91. The van der Waals surface area contributed by atoms with Crippen molar-refractivity contribution in [3.05, 3.63) is 71.3 Å². The van der Waals surface area contributed by atoms with Crippen LogP contribution in [-0.2, 0) is 20.8 Å². The van der Waals surface area contributed by atoms with Crippen molar-refractivity contribution < 1.29 is 23.2 Å². The zero-order chi connectivity index (χ0) is 23.4. The molecule has 2 N–H and O–H groups in total. The summed E-state index contributed by atoms with van der Waals surface area (Å²) >= 11 is 0. The van der Waals surface area contributed by atoms with Crippen LogP contribution in [0.1, 0.15) is 36.8 Å². The molecular weight excluding hydrogens is 416 g/mol. The van der Waals surface area contributed by atoms with Crippen LogP contribution < -0.4 is 5.73 Å². The molecule has 170 valence electrons. The van der Waals surface area contributed by atoms with Crippen LogP contribution in [0.5, 0.6) is 0 Å². The SMILES string of the molecule is C[C@H](N)C(=O)N(C(=O)Cc1cc(F)cc(F)c1)[C@H]1C[C@H](c2ccccc2)CCN(C)C1=O. The molecule has 1 aliphatic rings. The predicted octanol–water partition coefficient (Wildman–Crippen LogP) is 2.61. The number of carbonyl (C=O) groups excluding carboxylic acids is 3. The molecule has 2 aromatic rings. The monoisotopic (exact) mass is 443 g/mol. The van der Waals surface area contributed by atoms with Crippen LogP contribution in [0.4, 0.5) is 8.78 Å². The summed E-state index contributed by atoms with van der Waals surface area (Å²) < 4.78 is 27.2. The molecule has 32 heavy (non-hydrogen) atoms. The second-order valence-electron chi connectivity index (χ2n) is 8.25. The number of nitrogens with zero attached hydrogens (tertiary/aromatic N) is 2. The summed E-state index contributed by atoms with van der Waals surface area (Å²) in [6, 6.07) is 10.3. The van der Waals surface area contributed by atoms with Gasteiger partial charge in [-0.2, -0.15) is 0 Å². The van der Waals surface area contributed by atoms with Crippen molar-refractivity contribution in [1.82, 2.24) is 9.80 Å². The number of imide groups is 1. The van der Waals surface area contributed by atoms with E-state index in [1.54, 1.807) is 7.05 Å². The molecular formula is C24H27F2N3O3. The Morgan fingerprint density at radius 2 is 1.78 bits per heavy atom. The lowest BCUT2D eigenvalue weighted by Crippen LogP contribution is -2.56. The maximum absolute atomic E-state index is 13.6. The van der Waals surface area contributed by atoms with Gasteiger partial charge < -0.3 is 10.6 Å². The van der Waals surface area contributed by atoms with Crippen molar-refractivity contribution in [3.8, 4) is 0 Å². The molecule has 6 nitrogen and oxygen atoms in total. The summed E-state index contributed by atoms with van der Waals surface area (Å²) in [5.41, 5.74) is 6.88. The van der Waals surface area contributed by atoms with Gasteiger partial charge in [-0.05, 0) is 48.9 Å². The topological polar surface area (TPSA) is 83.7 Å². The highest BCUT2D eigenvalue weighted by atomic mass is 19.1. The van der Waals surface area contributed by atoms with Gasteiger partial charge in [0.25, 0.3) is 0 Å². The first-order chi connectivity index (χ1) is 15.2. The summed E-state index contributed by atoms with van der Waals surface area (Å²) in [5, 5.41) is 0. The minimum atomic E-state index is -1.06. The Labute approximate surface area is 186 Å². The van der Waals surface area contributed by atoms with E-state index in [4.69, 9.17) is 5.73 Å². The van der Waals surface area contributed by atoms with E-state index < -0.39 is 42.0 Å². The highest BCUT2D eigenvalue weighted by Gasteiger charge is 2.40. The quantitative estimate of drug-likeness (QED) is 0.770. The van der Waals surface area contributed by atoms with Crippen LogP contribution in [0.15, 0.2) is 48.5 Å². The lowest BCUT2D eigenvalue weighted by Gasteiger charge is -2.32. The van der Waals surface area contributed by atoms with Gasteiger partial charge in [0.2, 0.25) is 17.7 Å². The number of carbonyl (C=O) groups is 3. The van der Waals surface area contributed by atoms with Gasteiger partial charge in [-0.3, -0.25) is 19.3 Å². The highest BCUT2D eigenvalue weighted by Crippen LogP contribution is 2.31. The number of hydrogen-bond donors (Lipinski definition) is 1. The van der Waals surface area contributed by atoms with Crippen molar-refractivity contribution in [2.45, 2.75) is 44.2 Å². The molecule has 0 aliphatic carbocycles. The smallest absolute Gasteiger partial charge is 0.246 e. The fourth-order valence-corrected chi connectivity index (χ4v) is 4.09. The lowest BCUT2D eigenvalue weighted by atomic mass is 9.89. The minimum Gasteiger partial charge on any atom is -0.344 e. The molecule has 3 amide bonds. The molecule has 8 heteroatoms. The first-order valence-corrected chi connectivity index (χ1v) is 10.5. The molecule has 3 rings (SSSR count). The van der Waals surface area contributed by atoms with Gasteiger partial charge >= 0.3 is 0 Å². The Hall–Kier alpha value is -3.13. The van der Waals surface area contributed by atoms with Gasteiger partial charge in [-0.15, -0.1) is 0 Å². The molecule has 0 radical (unpaired) electrons. The predicted molar refractivity (Wildman–Crippen MR) is 115 cm³/mol. The molecule has 1 heterocycles. The molecule has 3 atom stereocenters. The van der Waals surface area contributed by atoms with Crippen LogP contribution in [-0.4, -0.2) is 53.2 Å². The van der Waals surface area contributed by atoms with Crippen molar-refractivity contribution in [1.29, 1.82) is 0 Å². The van der Waals surface area contributed by atoms with Crippen molar-refractivity contribution in [2.75, 3.05) is 13.6 Å². The third kappa shape index (κ3) is 5.37. The van der Waals surface area contributed by atoms with Gasteiger partial charge in [-0.25, -0.2) is 8.78 Å². The third-order valence-electron chi connectivity index (χ3n) is 5.74. The highest BCUT2D eigenvalue weighted by molar-refractivity contribution is 6.02. The average molecular weight is 443 g/mol. The first-order valence-electron chi connectivity index (χ1n) is 10.5. The zero-order valence-corrected chi connectivity index (χ0v) is 18.1. The Balaban J connectivity index is 1.96. The fourth-order valence-electron chi connectivity index (χ4n) is 4.09. The van der Waals surface area contributed by atoms with Gasteiger partial charge in [0.05, 0.1) is 12.5 Å². The number of likely N-dealkylation sites (N-methyl/N-ethyl adjacent to an activating group) is 1. The number of halogens is 2. The van der Waals surface area contributed by atoms with E-state index >= 15 is 0 Å². The van der Waals surface area contributed by atoms with Gasteiger partial charge in [0, 0.05) is 19.7 Å². The lowest BCUT2D eigenvalue weighted by molar-refractivity contribution is -0.154. The molecule has 1 saturated heterocycles. The minimum absolute atomic E-state index is 0.0575. The van der Waals surface area contributed by atoms with Gasteiger partial charge in [0.15, 0.2) is 0 Å². The number of hydrogen-bond acceptors (Lipinski definition) is 4. The number of likely N-dealkylation sites (tertiary alicyclic amines) is 1. The summed E-state index contributed by atoms with van der Waals surface area (Å²) in [4.78, 5) is 41.8. The van der Waals surface area contributed by atoms with Crippen molar-refractivity contribution >= 4 is 17.7 Å². The molecule has 0 unspecified atom stereocenters. The first kappa shape index (κ1) is 23.5. The van der Waals surface area contributed by atoms with E-state index in [0.29, 0.717) is 19.0 Å². The molecule has 0 saturated carbocycles. The van der Waals surface area contributed by atoms with E-state index in [1.807, 2.05) is 30.3 Å². The molecule has 0 bridgehead atoms. The van der Waals surface area contributed by atoms with E-state index in [2.05, 4.69) is 0 Å². The average Bonchev–Trinajstić information content (AvgIpc) is 2.87. The fraction of sp³-hybridized carbons (Fsp3) is 0.375. The largest absolute Gasteiger partial charge is 0.344 e. The Bertz CT molecular complexity index is 977. The summed E-state index contributed by atoms with van der Waals surface area (Å²) in [6.07, 6.45) is 0.484. The molecule has 0 aromatic heterocycles. The number of amides is 3. The molecule has 1 aliphatic heterocycles. The van der Waals surface area contributed by atoms with Crippen molar-refractivity contribution in [2.24, 2.45) is 5.73 Å². The maximum atomic E-state index is 13.6. The van der Waals surface area contributed by atoms with Crippen LogP contribution in [0.3, 0.4) is 0 Å². The Kier molecular flexibility index (Phi) is 7.35. The van der Waals surface area contributed by atoms with Crippen LogP contribution >= 0.6 is 0 Å². The zero-order valence-electron chi connectivity index (χ0n) is 18.1. The van der Waals surface area contributed by atoms with Crippen LogP contribution in [0.2, 0.25) is 0 Å². The standard InChI is InChI=1S/C24H27F2N3O3/c1-15(27)23(31)29(22(30)12-16-10-19(25)14-20(26)11-16)21-13-18(8-9-28(2)24(21)32)17-6-4-3-5-7-17/h3-7,10-11,14-15,18,21H,8-9,12-13,27H2,1-2H3/t15-,18+,21-/m0/s1. The number of rotatable bonds is 5. The second-order valence-corrected chi connectivity index (χ2v) is 8.25. The number of benzene rings is 2. The van der Waals surface area contributed by atoms with Gasteiger partial charge in [0.1, 0.15) is 17.7 Å². The summed E-state index contributed by atoms with van der Waals surface area (Å²) in [7, 11) is 1.63. The van der Waals surface area contributed by atoms with E-state index in [9.17, 15) is 23.2 Å². The summed E-state index contributed by atoms with van der Waals surface area (Å²) in [5.74, 6) is -3.50. The molecule has 1 fully saturated rings. The van der Waals surface area contributed by atoms with Gasteiger partial charge in [-0.1, -0.05) is 30.3 Å². The van der Waals surface area contributed by atoms with E-state index in [-0.39, 0.29) is 23.8 Å². The third-order valence-corrected chi connectivity index (χ3v) is 5.74. The van der Waals surface area contributed by atoms with Crippen LogP contribution in [0, 0.1) is 11.6 Å². The van der Waals surface area contributed by atoms with E-state index in [0.717, 1.165) is 22.6 Å². The molecule has 0 spiro atoms. The van der Waals surface area contributed by atoms with Crippen LogP contribution in [0.25, 0.3) is 0 Å². The number of nitrogens with two attached hydrogens (primary N) is 1. The second kappa shape index (κ2) is 9.99. The molecule has 2 aromatic carbocycles.